The summed E-state index contributed by atoms with van der Waals surface area (Å²) in [6.45, 7) is 5.05. The Labute approximate surface area is 225 Å². The zero-order chi connectivity index (χ0) is 27.1. The number of benzene rings is 2. The van der Waals surface area contributed by atoms with Crippen LogP contribution in [-0.2, 0) is 9.59 Å². The standard InChI is InChI=1S/C30H40N2O6/c1-4-6-8-22(9-7-5-2)31-27(33)18-32-17-24(21-12-15-25-26(16-21)38-19-37-25)28(30(34)35)29(32)20-10-13-23(36-3)14-11-20/h10-16,22,24,28-29H,4-9,17-19H2,1-3H3,(H,31,33)(H,34,35). The van der Waals surface area contributed by atoms with E-state index in [-0.39, 0.29) is 31.2 Å². The smallest absolute Gasteiger partial charge is 0.309 e. The van der Waals surface area contributed by atoms with Gasteiger partial charge in [0.2, 0.25) is 12.7 Å². The van der Waals surface area contributed by atoms with Gasteiger partial charge in [0.25, 0.3) is 0 Å². The van der Waals surface area contributed by atoms with Crippen molar-refractivity contribution in [3.8, 4) is 17.2 Å². The number of aliphatic carboxylic acids is 1. The van der Waals surface area contributed by atoms with Crippen molar-refractivity contribution in [3.63, 3.8) is 0 Å². The molecule has 0 spiro atoms. The number of carbonyl (C=O) groups is 2. The molecule has 2 heterocycles. The number of nitrogens with zero attached hydrogens (tertiary/aromatic N) is 1. The molecule has 0 saturated carbocycles. The molecule has 38 heavy (non-hydrogen) atoms. The molecule has 2 aromatic carbocycles. The normalized spacial score (nSPS) is 20.6. The molecule has 1 fully saturated rings. The maximum absolute atomic E-state index is 13.3. The van der Waals surface area contributed by atoms with Gasteiger partial charge in [-0.1, -0.05) is 57.7 Å². The number of amides is 1. The van der Waals surface area contributed by atoms with Gasteiger partial charge in [-0.2, -0.15) is 0 Å². The van der Waals surface area contributed by atoms with Crippen LogP contribution in [0.2, 0.25) is 0 Å². The van der Waals surface area contributed by atoms with Crippen LogP contribution in [0.5, 0.6) is 17.2 Å². The molecule has 206 valence electrons. The van der Waals surface area contributed by atoms with Gasteiger partial charge in [0.1, 0.15) is 5.75 Å². The number of likely N-dealkylation sites (tertiary alicyclic amines) is 1. The summed E-state index contributed by atoms with van der Waals surface area (Å²) in [5.41, 5.74) is 1.72. The molecule has 2 N–H and O–H groups in total. The van der Waals surface area contributed by atoms with Crippen molar-refractivity contribution in [2.75, 3.05) is 27.0 Å². The van der Waals surface area contributed by atoms with Gasteiger partial charge in [0, 0.05) is 24.5 Å². The summed E-state index contributed by atoms with van der Waals surface area (Å²) in [5, 5.41) is 13.7. The average molecular weight is 525 g/mol. The van der Waals surface area contributed by atoms with Gasteiger partial charge in [-0.05, 0) is 48.2 Å². The third kappa shape index (κ3) is 6.41. The Hall–Kier alpha value is -3.26. The average Bonchev–Trinajstić information content (AvgIpc) is 3.54. The molecule has 1 amide bonds. The van der Waals surface area contributed by atoms with Gasteiger partial charge in [-0.15, -0.1) is 0 Å². The molecule has 8 heteroatoms. The molecule has 0 aliphatic carbocycles. The van der Waals surface area contributed by atoms with Crippen molar-refractivity contribution in [3.05, 3.63) is 53.6 Å². The first-order valence-corrected chi connectivity index (χ1v) is 13.7. The van der Waals surface area contributed by atoms with Crippen LogP contribution in [0, 0.1) is 5.92 Å². The van der Waals surface area contributed by atoms with Crippen molar-refractivity contribution in [2.45, 2.75) is 70.4 Å². The van der Waals surface area contributed by atoms with Crippen LogP contribution >= 0.6 is 0 Å². The molecule has 2 aromatic rings. The van der Waals surface area contributed by atoms with E-state index in [1.165, 1.54) is 0 Å². The summed E-state index contributed by atoms with van der Waals surface area (Å²) in [6, 6.07) is 12.8. The molecular weight excluding hydrogens is 484 g/mol. The van der Waals surface area contributed by atoms with Gasteiger partial charge >= 0.3 is 5.97 Å². The molecule has 2 aliphatic rings. The number of carboxylic acid groups (broad SMARTS) is 1. The van der Waals surface area contributed by atoms with Crippen LogP contribution < -0.4 is 19.5 Å². The predicted octanol–water partition coefficient (Wildman–Crippen LogP) is 5.13. The van der Waals surface area contributed by atoms with E-state index in [1.807, 2.05) is 47.4 Å². The van der Waals surface area contributed by atoms with Crippen LogP contribution in [0.25, 0.3) is 0 Å². The van der Waals surface area contributed by atoms with E-state index in [9.17, 15) is 14.7 Å². The Morgan fingerprint density at radius 3 is 2.32 bits per heavy atom. The molecule has 8 nitrogen and oxygen atoms in total. The second-order valence-electron chi connectivity index (χ2n) is 10.3. The minimum absolute atomic E-state index is 0.0591. The summed E-state index contributed by atoms with van der Waals surface area (Å²) in [5.74, 6) is -0.0306. The highest BCUT2D eigenvalue weighted by Gasteiger charge is 2.48. The van der Waals surface area contributed by atoms with Crippen LogP contribution in [0.3, 0.4) is 0 Å². The number of carbonyl (C=O) groups excluding carboxylic acids is 1. The zero-order valence-electron chi connectivity index (χ0n) is 22.7. The fourth-order valence-electron chi connectivity index (χ4n) is 5.72. The molecular formula is C30H40N2O6. The van der Waals surface area contributed by atoms with Gasteiger partial charge in [0.05, 0.1) is 19.6 Å². The maximum atomic E-state index is 13.3. The highest BCUT2D eigenvalue weighted by molar-refractivity contribution is 5.79. The third-order valence-corrected chi connectivity index (χ3v) is 7.69. The number of methoxy groups -OCH3 is 1. The Morgan fingerprint density at radius 1 is 1.03 bits per heavy atom. The number of fused-ring (bicyclic) bond motifs is 1. The number of hydrogen-bond acceptors (Lipinski definition) is 6. The van der Waals surface area contributed by atoms with Crippen molar-refractivity contribution in [2.24, 2.45) is 5.92 Å². The minimum Gasteiger partial charge on any atom is -0.497 e. The topological polar surface area (TPSA) is 97.3 Å². The highest BCUT2D eigenvalue weighted by atomic mass is 16.7. The second kappa shape index (κ2) is 13.0. The van der Waals surface area contributed by atoms with Crippen LogP contribution in [0.4, 0.5) is 0 Å². The van der Waals surface area contributed by atoms with Gasteiger partial charge < -0.3 is 24.6 Å². The largest absolute Gasteiger partial charge is 0.497 e. The lowest BCUT2D eigenvalue weighted by atomic mass is 9.82. The Bertz CT molecular complexity index is 1080. The summed E-state index contributed by atoms with van der Waals surface area (Å²) in [4.78, 5) is 28.1. The second-order valence-corrected chi connectivity index (χ2v) is 10.3. The maximum Gasteiger partial charge on any atom is 0.309 e. The Morgan fingerprint density at radius 2 is 1.68 bits per heavy atom. The molecule has 1 saturated heterocycles. The SMILES string of the molecule is CCCCC(CCCC)NC(=O)CN1CC(c2ccc3c(c2)OCO3)C(C(=O)O)C1c1ccc(OC)cc1. The first-order valence-electron chi connectivity index (χ1n) is 13.7. The van der Waals surface area contributed by atoms with E-state index in [0.717, 1.165) is 49.7 Å². The summed E-state index contributed by atoms with van der Waals surface area (Å²) in [6.07, 6.45) is 6.23. The van der Waals surface area contributed by atoms with Gasteiger partial charge in [-0.3, -0.25) is 14.5 Å². The highest BCUT2D eigenvalue weighted by Crippen LogP contribution is 2.47. The molecule has 0 aromatic heterocycles. The van der Waals surface area contributed by atoms with E-state index < -0.39 is 17.9 Å². The van der Waals surface area contributed by atoms with Crippen molar-refractivity contribution >= 4 is 11.9 Å². The van der Waals surface area contributed by atoms with Crippen LogP contribution in [0.1, 0.15) is 75.5 Å². The van der Waals surface area contributed by atoms with E-state index in [4.69, 9.17) is 14.2 Å². The van der Waals surface area contributed by atoms with Crippen molar-refractivity contribution in [1.82, 2.24) is 10.2 Å². The predicted molar refractivity (Wildman–Crippen MR) is 145 cm³/mol. The molecule has 3 atom stereocenters. The summed E-state index contributed by atoms with van der Waals surface area (Å²) >= 11 is 0. The lowest BCUT2D eigenvalue weighted by molar-refractivity contribution is -0.143. The third-order valence-electron chi connectivity index (χ3n) is 7.69. The fourth-order valence-corrected chi connectivity index (χ4v) is 5.72. The fraction of sp³-hybridized carbons (Fsp3) is 0.533. The first kappa shape index (κ1) is 27.8. The first-order chi connectivity index (χ1) is 18.4. The Balaban J connectivity index is 1.61. The van der Waals surface area contributed by atoms with Crippen LogP contribution in [0.15, 0.2) is 42.5 Å². The lowest BCUT2D eigenvalue weighted by Crippen LogP contribution is -2.42. The number of carboxylic acids is 1. The monoisotopic (exact) mass is 524 g/mol. The lowest BCUT2D eigenvalue weighted by Gasteiger charge is -2.28. The molecule has 2 aliphatic heterocycles. The molecule has 0 radical (unpaired) electrons. The van der Waals surface area contributed by atoms with E-state index in [2.05, 4.69) is 19.2 Å². The number of nitrogens with one attached hydrogen (secondary N) is 1. The van der Waals surface area contributed by atoms with Gasteiger partial charge in [-0.25, -0.2) is 0 Å². The van der Waals surface area contributed by atoms with E-state index in [1.54, 1.807) is 7.11 Å². The zero-order valence-corrected chi connectivity index (χ0v) is 22.7. The Kier molecular flexibility index (Phi) is 9.50. The quantitative estimate of drug-likeness (QED) is 0.375. The minimum atomic E-state index is -0.889. The van der Waals surface area contributed by atoms with Crippen LogP contribution in [-0.4, -0.2) is 54.9 Å². The molecule has 3 unspecified atom stereocenters. The number of unbranched alkanes of at least 4 members (excludes halogenated alkanes) is 2. The van der Waals surface area contributed by atoms with Gasteiger partial charge in [0.15, 0.2) is 11.5 Å². The summed E-state index contributed by atoms with van der Waals surface area (Å²) in [7, 11) is 1.60. The number of ether oxygens (including phenoxy) is 3. The number of hydrogen-bond donors (Lipinski definition) is 2. The van der Waals surface area contributed by atoms with Crippen molar-refractivity contribution in [1.29, 1.82) is 0 Å². The van der Waals surface area contributed by atoms with E-state index in [0.29, 0.717) is 23.8 Å². The molecule has 4 rings (SSSR count). The summed E-state index contributed by atoms with van der Waals surface area (Å²) < 4.78 is 16.3. The molecule has 0 bridgehead atoms. The number of rotatable bonds is 13. The van der Waals surface area contributed by atoms with E-state index >= 15 is 0 Å². The van der Waals surface area contributed by atoms with Crippen molar-refractivity contribution < 1.29 is 28.9 Å².